The van der Waals surface area contributed by atoms with Crippen LogP contribution in [0.1, 0.15) is 63.8 Å². The summed E-state index contributed by atoms with van der Waals surface area (Å²) < 4.78 is 4.78. The number of rotatable bonds is 2. The molecule has 3 heteroatoms. The normalized spacial score (nSPS) is 13.4. The molecule has 0 aliphatic rings. The first kappa shape index (κ1) is 23.2. The fourth-order valence-electron chi connectivity index (χ4n) is 6.30. The van der Waals surface area contributed by atoms with Crippen molar-refractivity contribution >= 4 is 49.1 Å². The van der Waals surface area contributed by atoms with Crippen molar-refractivity contribution in [1.29, 1.82) is 0 Å². The number of fused-ring (bicyclic) bond motifs is 5. The fourth-order valence-corrected chi connectivity index (χ4v) is 6.30. The first-order valence-electron chi connectivity index (χ1n) is 13.2. The minimum atomic E-state index is 0.205. The Morgan fingerprint density at radius 1 is 0.778 bits per heavy atom. The van der Waals surface area contributed by atoms with E-state index in [0.29, 0.717) is 0 Å². The van der Waals surface area contributed by atoms with Gasteiger partial charge in [-0.2, -0.15) is 0 Å². The van der Waals surface area contributed by atoms with Gasteiger partial charge in [-0.3, -0.25) is 0 Å². The minimum absolute atomic E-state index is 0.205. The molecule has 6 aromatic rings. The zero-order valence-electron chi connectivity index (χ0n) is 23.3. The van der Waals surface area contributed by atoms with Crippen LogP contribution < -0.4 is 4.57 Å². The molecule has 184 valence electrons. The Kier molecular flexibility index (Phi) is 4.78. The number of aryl methyl sites for hydroxylation is 3. The van der Waals surface area contributed by atoms with Gasteiger partial charge in [-0.1, -0.05) is 53.7 Å². The molecule has 3 aromatic carbocycles. The van der Waals surface area contributed by atoms with Gasteiger partial charge in [0.25, 0.3) is 6.33 Å². The summed E-state index contributed by atoms with van der Waals surface area (Å²) in [5.41, 5.74) is 12.2. The van der Waals surface area contributed by atoms with Crippen molar-refractivity contribution < 1.29 is 4.57 Å². The highest BCUT2D eigenvalue weighted by Crippen LogP contribution is 2.42. The largest absolute Gasteiger partial charge is 0.308 e. The second-order valence-electron chi connectivity index (χ2n) is 13.5. The Morgan fingerprint density at radius 3 is 2.14 bits per heavy atom. The second-order valence-corrected chi connectivity index (χ2v) is 13.5. The van der Waals surface area contributed by atoms with Crippen molar-refractivity contribution in [2.24, 2.45) is 17.9 Å². The van der Waals surface area contributed by atoms with Gasteiger partial charge < -0.3 is 4.40 Å². The third-order valence-corrected chi connectivity index (χ3v) is 7.70. The van der Waals surface area contributed by atoms with Crippen molar-refractivity contribution in [3.05, 3.63) is 65.0 Å². The van der Waals surface area contributed by atoms with Crippen LogP contribution in [0.2, 0.25) is 0 Å². The smallest absolute Gasteiger partial charge is 0.287 e. The van der Waals surface area contributed by atoms with Gasteiger partial charge in [-0.15, -0.1) is 0 Å². The summed E-state index contributed by atoms with van der Waals surface area (Å²) in [7, 11) is 2.14. The molecular formula is C33H38N3+. The van der Waals surface area contributed by atoms with E-state index in [2.05, 4.69) is 108 Å². The standard InChI is InChI=1S/C33H38N3/c1-19-12-24-23-11-10-21(16-32(3,4)5)14-26(23)36-27-15-22(17-33(6,7)8)13-25-29(27)31(35(9)18-34-25)28(20(19)2)30(24)36/h10-15,18H,16-17H2,1-9H3/q+1. The lowest BCUT2D eigenvalue weighted by molar-refractivity contribution is -0.646. The van der Waals surface area contributed by atoms with Crippen molar-refractivity contribution in [3.8, 4) is 0 Å². The molecule has 0 spiro atoms. The van der Waals surface area contributed by atoms with Crippen molar-refractivity contribution in [3.63, 3.8) is 0 Å². The van der Waals surface area contributed by atoms with Crippen LogP contribution in [0.4, 0.5) is 0 Å². The predicted molar refractivity (Wildman–Crippen MR) is 153 cm³/mol. The molecule has 0 aliphatic carbocycles. The van der Waals surface area contributed by atoms with E-state index in [4.69, 9.17) is 4.98 Å². The molecule has 36 heavy (non-hydrogen) atoms. The zero-order valence-corrected chi connectivity index (χ0v) is 23.3. The Balaban J connectivity index is 1.89. The number of benzene rings is 3. The maximum absolute atomic E-state index is 4.94. The van der Waals surface area contributed by atoms with Crippen molar-refractivity contribution in [2.45, 2.75) is 68.2 Å². The summed E-state index contributed by atoms with van der Waals surface area (Å²) in [6.45, 7) is 18.4. The fraction of sp³-hybridized carbons (Fsp3) is 0.394. The number of aromatic nitrogens is 3. The summed E-state index contributed by atoms with van der Waals surface area (Å²) in [4.78, 5) is 4.94. The first-order chi connectivity index (χ1) is 16.8. The van der Waals surface area contributed by atoms with Crippen LogP contribution >= 0.6 is 0 Å². The van der Waals surface area contributed by atoms with Gasteiger partial charge in [0.05, 0.1) is 34.4 Å². The van der Waals surface area contributed by atoms with E-state index in [9.17, 15) is 0 Å². The van der Waals surface area contributed by atoms with Crippen molar-refractivity contribution in [2.75, 3.05) is 0 Å². The monoisotopic (exact) mass is 476 g/mol. The number of hydrogen-bond acceptors (Lipinski definition) is 1. The molecule has 0 aliphatic heterocycles. The lowest BCUT2D eigenvalue weighted by Gasteiger charge is -2.20. The summed E-state index contributed by atoms with van der Waals surface area (Å²) in [5, 5.41) is 5.30. The highest BCUT2D eigenvalue weighted by atomic mass is 15.0. The zero-order chi connectivity index (χ0) is 25.7. The highest BCUT2D eigenvalue weighted by molar-refractivity contribution is 6.25. The van der Waals surface area contributed by atoms with Gasteiger partial charge in [-0.25, -0.2) is 4.57 Å². The van der Waals surface area contributed by atoms with Gasteiger partial charge in [0.15, 0.2) is 5.52 Å². The third kappa shape index (κ3) is 3.47. The first-order valence-corrected chi connectivity index (χ1v) is 13.2. The Morgan fingerprint density at radius 2 is 1.44 bits per heavy atom. The molecule has 3 aromatic heterocycles. The molecule has 3 nitrogen and oxygen atoms in total. The van der Waals surface area contributed by atoms with Crippen LogP contribution in [0.15, 0.2) is 42.7 Å². The molecule has 0 amide bonds. The van der Waals surface area contributed by atoms with Crippen LogP contribution in [0.25, 0.3) is 49.1 Å². The van der Waals surface area contributed by atoms with E-state index < -0.39 is 0 Å². The van der Waals surface area contributed by atoms with Crippen LogP contribution in [0.3, 0.4) is 0 Å². The van der Waals surface area contributed by atoms with Crippen LogP contribution in [-0.2, 0) is 19.9 Å². The Bertz CT molecular complexity index is 1820. The lowest BCUT2D eigenvalue weighted by atomic mass is 9.87. The van der Waals surface area contributed by atoms with E-state index in [1.165, 1.54) is 65.9 Å². The van der Waals surface area contributed by atoms with Crippen LogP contribution in [-0.4, -0.2) is 9.38 Å². The highest BCUT2D eigenvalue weighted by Gasteiger charge is 2.26. The third-order valence-electron chi connectivity index (χ3n) is 7.70. The van der Waals surface area contributed by atoms with Gasteiger partial charge in [0.1, 0.15) is 5.52 Å². The number of pyridine rings is 1. The maximum atomic E-state index is 4.94. The average Bonchev–Trinajstić information content (AvgIpc) is 3.06. The van der Waals surface area contributed by atoms with Crippen LogP contribution in [0.5, 0.6) is 0 Å². The summed E-state index contributed by atoms with van der Waals surface area (Å²) >= 11 is 0. The minimum Gasteiger partial charge on any atom is -0.308 e. The summed E-state index contributed by atoms with van der Waals surface area (Å²) in [6, 6.07) is 14.3. The Labute approximate surface area is 214 Å². The maximum Gasteiger partial charge on any atom is 0.287 e. The average molecular weight is 477 g/mol. The van der Waals surface area contributed by atoms with Gasteiger partial charge in [0.2, 0.25) is 0 Å². The lowest BCUT2D eigenvalue weighted by Crippen LogP contribution is -2.30. The molecule has 0 fully saturated rings. The van der Waals surface area contributed by atoms with E-state index in [-0.39, 0.29) is 10.8 Å². The van der Waals surface area contributed by atoms with Crippen LogP contribution in [0, 0.1) is 24.7 Å². The molecule has 6 rings (SSSR count). The molecule has 0 saturated heterocycles. The molecule has 3 heterocycles. The number of hydrogen-bond donors (Lipinski definition) is 0. The van der Waals surface area contributed by atoms with Gasteiger partial charge in [-0.05, 0) is 89.0 Å². The number of nitrogens with zero attached hydrogens (tertiary/aromatic N) is 3. The quantitative estimate of drug-likeness (QED) is 0.141. The summed E-state index contributed by atoms with van der Waals surface area (Å²) in [6.07, 6.45) is 4.07. The Hall–Kier alpha value is -3.20. The molecule has 0 radical (unpaired) electrons. The molecule has 0 bridgehead atoms. The predicted octanol–water partition coefficient (Wildman–Crippen LogP) is 8.00. The van der Waals surface area contributed by atoms with Gasteiger partial charge >= 0.3 is 0 Å². The second kappa shape index (κ2) is 7.41. The summed E-state index contributed by atoms with van der Waals surface area (Å²) in [5.74, 6) is 0. The molecular weight excluding hydrogens is 438 g/mol. The molecule has 0 atom stereocenters. The molecule has 0 N–H and O–H groups in total. The SMILES string of the molecule is Cc1cc2c3ccc(CC(C)(C)C)cc3n3c4cc(CC(C)(C)C)cc5nc[n+](C)c(c(c1C)c23)c54. The van der Waals surface area contributed by atoms with E-state index in [1.54, 1.807) is 0 Å². The topological polar surface area (TPSA) is 21.2 Å². The van der Waals surface area contributed by atoms with Gasteiger partial charge in [0, 0.05) is 10.8 Å². The van der Waals surface area contributed by atoms with E-state index in [0.717, 1.165) is 18.4 Å². The van der Waals surface area contributed by atoms with E-state index in [1.807, 2.05) is 6.33 Å². The van der Waals surface area contributed by atoms with Crippen molar-refractivity contribution in [1.82, 2.24) is 9.38 Å². The van der Waals surface area contributed by atoms with E-state index >= 15 is 0 Å². The molecule has 0 unspecified atom stereocenters. The molecule has 0 saturated carbocycles.